The Balaban J connectivity index is 2.29. The number of aliphatic carboxylic acids is 1. The molecule has 0 saturated carbocycles. The molecule has 1 amide bonds. The number of rotatable bonds is 5. The summed E-state index contributed by atoms with van der Waals surface area (Å²) < 4.78 is 0. The standard InChI is InChI=1S/C22H23NO4/c1-12-13(2)15(4)21(16(5)14(12)3)22(27)17-6-8-18(9-7-17)23-19(24)10-11-20(25)26/h6-11H,1-5H3,(H,23,24)(H,25,26)/b11-10+. The van der Waals surface area contributed by atoms with Crippen LogP contribution in [0.3, 0.4) is 0 Å². The van der Waals surface area contributed by atoms with Gasteiger partial charge in [-0.1, -0.05) is 0 Å². The lowest BCUT2D eigenvalue weighted by molar-refractivity contribution is -0.131. The number of amides is 1. The van der Waals surface area contributed by atoms with Crippen LogP contribution in [0.1, 0.15) is 43.7 Å². The number of carbonyl (C=O) groups excluding carboxylic acids is 2. The normalized spacial score (nSPS) is 10.9. The van der Waals surface area contributed by atoms with Gasteiger partial charge in [-0.15, -0.1) is 0 Å². The van der Waals surface area contributed by atoms with E-state index in [9.17, 15) is 14.4 Å². The van der Waals surface area contributed by atoms with E-state index >= 15 is 0 Å². The van der Waals surface area contributed by atoms with Crippen molar-refractivity contribution in [2.24, 2.45) is 0 Å². The summed E-state index contributed by atoms with van der Waals surface area (Å²) in [5, 5.41) is 11.1. The minimum atomic E-state index is -1.19. The molecule has 27 heavy (non-hydrogen) atoms. The van der Waals surface area contributed by atoms with Crippen LogP contribution in [0.2, 0.25) is 0 Å². The highest BCUT2D eigenvalue weighted by Gasteiger charge is 2.19. The van der Waals surface area contributed by atoms with Gasteiger partial charge in [-0.25, -0.2) is 4.79 Å². The first-order valence-electron chi connectivity index (χ1n) is 8.57. The van der Waals surface area contributed by atoms with Crippen molar-refractivity contribution in [3.63, 3.8) is 0 Å². The van der Waals surface area contributed by atoms with E-state index in [1.165, 1.54) is 5.56 Å². The molecule has 140 valence electrons. The van der Waals surface area contributed by atoms with Crippen molar-refractivity contribution in [1.29, 1.82) is 0 Å². The SMILES string of the molecule is Cc1c(C)c(C)c(C(=O)c2ccc(NC(=O)/C=C/C(=O)O)cc2)c(C)c1C. The van der Waals surface area contributed by atoms with E-state index in [0.717, 1.165) is 40.0 Å². The van der Waals surface area contributed by atoms with Crippen LogP contribution < -0.4 is 5.32 Å². The molecule has 2 N–H and O–H groups in total. The summed E-state index contributed by atoms with van der Waals surface area (Å²) in [4.78, 5) is 35.1. The third-order valence-electron chi connectivity index (χ3n) is 5.02. The Hall–Kier alpha value is -3.21. The average Bonchev–Trinajstić information content (AvgIpc) is 2.63. The molecular weight excluding hydrogens is 342 g/mol. The van der Waals surface area contributed by atoms with Crippen molar-refractivity contribution in [1.82, 2.24) is 0 Å². The fraction of sp³-hybridized carbons (Fsp3) is 0.227. The molecule has 0 fully saturated rings. The maximum absolute atomic E-state index is 13.1. The Labute approximate surface area is 158 Å². The fourth-order valence-electron chi connectivity index (χ4n) is 3.02. The molecule has 0 aliphatic heterocycles. The Morgan fingerprint density at radius 1 is 0.778 bits per heavy atom. The molecule has 0 aromatic heterocycles. The number of carboxylic acid groups (broad SMARTS) is 1. The van der Waals surface area contributed by atoms with E-state index in [0.29, 0.717) is 11.3 Å². The highest BCUT2D eigenvalue weighted by Crippen LogP contribution is 2.28. The smallest absolute Gasteiger partial charge is 0.328 e. The number of nitrogens with one attached hydrogen (secondary N) is 1. The summed E-state index contributed by atoms with van der Waals surface area (Å²) in [6, 6.07) is 6.56. The minimum absolute atomic E-state index is 0.0557. The van der Waals surface area contributed by atoms with Crippen molar-refractivity contribution in [3.8, 4) is 0 Å². The molecule has 2 aromatic carbocycles. The van der Waals surface area contributed by atoms with Crippen LogP contribution in [0.25, 0.3) is 0 Å². The fourth-order valence-corrected chi connectivity index (χ4v) is 3.02. The Bertz CT molecular complexity index is 924. The summed E-state index contributed by atoms with van der Waals surface area (Å²) >= 11 is 0. The van der Waals surface area contributed by atoms with Crippen LogP contribution in [0.4, 0.5) is 5.69 Å². The highest BCUT2D eigenvalue weighted by atomic mass is 16.4. The number of carbonyl (C=O) groups is 3. The van der Waals surface area contributed by atoms with Crippen LogP contribution in [0.15, 0.2) is 36.4 Å². The van der Waals surface area contributed by atoms with Crippen LogP contribution >= 0.6 is 0 Å². The summed E-state index contributed by atoms with van der Waals surface area (Å²) in [6.07, 6.45) is 1.70. The number of ketones is 1. The average molecular weight is 365 g/mol. The van der Waals surface area contributed by atoms with Gasteiger partial charge >= 0.3 is 5.97 Å². The molecule has 0 atom stereocenters. The summed E-state index contributed by atoms with van der Waals surface area (Å²) in [5.74, 6) is -1.80. The molecule has 0 aliphatic rings. The maximum Gasteiger partial charge on any atom is 0.328 e. The van der Waals surface area contributed by atoms with Crippen LogP contribution in [0.5, 0.6) is 0 Å². The molecule has 0 saturated heterocycles. The molecule has 0 aliphatic carbocycles. The van der Waals surface area contributed by atoms with E-state index in [2.05, 4.69) is 12.2 Å². The van der Waals surface area contributed by atoms with Gasteiger partial charge in [0.1, 0.15) is 0 Å². The Morgan fingerprint density at radius 3 is 1.74 bits per heavy atom. The van der Waals surface area contributed by atoms with E-state index < -0.39 is 11.9 Å². The predicted molar refractivity (Wildman–Crippen MR) is 105 cm³/mol. The van der Waals surface area contributed by atoms with Crippen LogP contribution in [-0.2, 0) is 9.59 Å². The van der Waals surface area contributed by atoms with Gasteiger partial charge in [-0.05, 0) is 86.7 Å². The monoisotopic (exact) mass is 365 g/mol. The summed E-state index contributed by atoms with van der Waals surface area (Å²) in [5.41, 5.74) is 7.14. The summed E-state index contributed by atoms with van der Waals surface area (Å²) in [7, 11) is 0. The van der Waals surface area contributed by atoms with E-state index in [-0.39, 0.29) is 5.78 Å². The number of anilines is 1. The second-order valence-corrected chi connectivity index (χ2v) is 6.57. The van der Waals surface area contributed by atoms with Gasteiger partial charge in [0.05, 0.1) is 0 Å². The zero-order chi connectivity index (χ0) is 20.3. The van der Waals surface area contributed by atoms with Gasteiger partial charge in [-0.2, -0.15) is 0 Å². The van der Waals surface area contributed by atoms with Crippen molar-refractivity contribution >= 4 is 23.3 Å². The second-order valence-electron chi connectivity index (χ2n) is 6.57. The lowest BCUT2D eigenvalue weighted by Crippen LogP contribution is -2.11. The first kappa shape index (κ1) is 20.1. The largest absolute Gasteiger partial charge is 0.478 e. The molecule has 0 spiro atoms. The number of hydrogen-bond donors (Lipinski definition) is 2. The highest BCUT2D eigenvalue weighted by molar-refractivity contribution is 6.11. The van der Waals surface area contributed by atoms with Gasteiger partial charge in [0.15, 0.2) is 5.78 Å². The first-order chi connectivity index (χ1) is 12.6. The number of carboxylic acids is 1. The van der Waals surface area contributed by atoms with Crippen LogP contribution in [-0.4, -0.2) is 22.8 Å². The van der Waals surface area contributed by atoms with Crippen molar-refractivity contribution in [2.45, 2.75) is 34.6 Å². The van der Waals surface area contributed by atoms with Crippen LogP contribution in [0, 0.1) is 34.6 Å². The zero-order valence-electron chi connectivity index (χ0n) is 16.1. The molecule has 0 heterocycles. The van der Waals surface area contributed by atoms with Gasteiger partial charge < -0.3 is 10.4 Å². The molecule has 5 nitrogen and oxygen atoms in total. The van der Waals surface area contributed by atoms with Crippen molar-refractivity contribution < 1.29 is 19.5 Å². The van der Waals surface area contributed by atoms with E-state index in [4.69, 9.17) is 5.11 Å². The molecule has 0 radical (unpaired) electrons. The van der Waals surface area contributed by atoms with Gasteiger partial charge in [0.2, 0.25) is 5.91 Å². The quantitative estimate of drug-likeness (QED) is 0.619. The van der Waals surface area contributed by atoms with Gasteiger partial charge in [0.25, 0.3) is 0 Å². The Kier molecular flexibility index (Phi) is 5.95. The number of benzene rings is 2. The molecule has 2 aromatic rings. The zero-order valence-corrected chi connectivity index (χ0v) is 16.1. The van der Waals surface area contributed by atoms with Gasteiger partial charge in [0, 0.05) is 29.0 Å². The lowest BCUT2D eigenvalue weighted by atomic mass is 9.86. The van der Waals surface area contributed by atoms with Crippen molar-refractivity contribution in [2.75, 3.05) is 5.32 Å². The molecule has 5 heteroatoms. The topological polar surface area (TPSA) is 83.5 Å². The number of hydrogen-bond acceptors (Lipinski definition) is 3. The van der Waals surface area contributed by atoms with Gasteiger partial charge in [-0.3, -0.25) is 9.59 Å². The molecule has 0 unspecified atom stereocenters. The predicted octanol–water partition coefficient (Wildman–Crippen LogP) is 4.04. The third-order valence-corrected chi connectivity index (χ3v) is 5.02. The van der Waals surface area contributed by atoms with E-state index in [1.807, 2.05) is 27.7 Å². The lowest BCUT2D eigenvalue weighted by Gasteiger charge is -2.18. The molecular formula is C22H23NO4. The van der Waals surface area contributed by atoms with E-state index in [1.54, 1.807) is 24.3 Å². The first-order valence-corrected chi connectivity index (χ1v) is 8.57. The second kappa shape index (κ2) is 7.99. The molecule has 0 bridgehead atoms. The summed E-state index contributed by atoms with van der Waals surface area (Å²) in [6.45, 7) is 10.0. The third kappa shape index (κ3) is 4.31. The maximum atomic E-state index is 13.1. The van der Waals surface area contributed by atoms with Crippen molar-refractivity contribution in [3.05, 3.63) is 75.4 Å². The Morgan fingerprint density at radius 2 is 1.26 bits per heavy atom. The molecule has 2 rings (SSSR count). The minimum Gasteiger partial charge on any atom is -0.478 e.